The quantitative estimate of drug-likeness (QED) is 0.104. The molecule has 0 saturated heterocycles. The molecule has 60 heavy (non-hydrogen) atoms. The number of hydrogen-bond donors (Lipinski definition) is 2. The summed E-state index contributed by atoms with van der Waals surface area (Å²) in [5.74, 6) is 0. The van der Waals surface area contributed by atoms with E-state index in [0.29, 0.717) is 0 Å². The molecule has 3 aromatic heterocycles. The van der Waals surface area contributed by atoms with Crippen molar-refractivity contribution in [3.05, 3.63) is 117 Å². The molecule has 8 bridgehead atoms. The third-order valence-corrected chi connectivity index (χ3v) is 13.4. The van der Waals surface area contributed by atoms with Gasteiger partial charge in [0.15, 0.2) is 0 Å². The Morgan fingerprint density at radius 2 is 0.683 bits per heavy atom. The maximum Gasteiger partial charge on any atom is 0.0772 e. The van der Waals surface area contributed by atoms with Crippen molar-refractivity contribution in [2.75, 3.05) is 0 Å². The molecule has 0 radical (unpaired) electrons. The monoisotopic (exact) mass is 799 g/mol. The molecule has 0 spiro atoms. The summed E-state index contributed by atoms with van der Waals surface area (Å²) in [6, 6.07) is 22.3. The second-order valence-electron chi connectivity index (χ2n) is 16.7. The van der Waals surface area contributed by atoms with Crippen molar-refractivity contribution in [2.24, 2.45) is 0 Å². The number of nitrogens with one attached hydrogen (secondary N) is 2. The first-order valence-corrected chi connectivity index (χ1v) is 23.8. The van der Waals surface area contributed by atoms with E-state index in [-0.39, 0.29) is 0 Å². The summed E-state index contributed by atoms with van der Waals surface area (Å²) in [5, 5.41) is 0. The summed E-state index contributed by atoms with van der Waals surface area (Å²) in [4.78, 5) is 20.5. The van der Waals surface area contributed by atoms with E-state index in [4.69, 9.17) is 9.97 Å². The average molecular weight is 799 g/mol. The first-order valence-electron chi connectivity index (χ1n) is 23.8. The maximum atomic E-state index is 5.96. The smallest absolute Gasteiger partial charge is 0.0772 e. The average Bonchev–Trinajstić information content (AvgIpc) is 4.05. The Morgan fingerprint density at radius 1 is 0.350 bits per heavy atom. The molecular formula is C56H70N4. The highest BCUT2D eigenvalue weighted by atomic mass is 14.8. The van der Waals surface area contributed by atoms with Crippen molar-refractivity contribution >= 4 is 44.4 Å². The van der Waals surface area contributed by atoms with Gasteiger partial charge >= 0.3 is 0 Å². The number of fused-ring (bicyclic) bond motifs is 8. The minimum absolute atomic E-state index is 0.916. The van der Waals surface area contributed by atoms with Gasteiger partial charge in [0.25, 0.3) is 0 Å². The molecule has 0 saturated carbocycles. The molecule has 314 valence electrons. The van der Waals surface area contributed by atoms with Gasteiger partial charge in [-0.25, -0.2) is 9.97 Å². The second kappa shape index (κ2) is 19.2. The van der Waals surface area contributed by atoms with Crippen molar-refractivity contribution < 1.29 is 0 Å². The van der Waals surface area contributed by atoms with Crippen molar-refractivity contribution in [1.82, 2.24) is 19.9 Å². The highest BCUT2D eigenvalue weighted by Gasteiger charge is 2.31. The minimum Gasteiger partial charge on any atom is -0.354 e. The molecule has 4 heteroatoms. The number of benzene rings is 2. The van der Waals surface area contributed by atoms with Gasteiger partial charge in [-0.05, 0) is 133 Å². The number of hydrogen-bond acceptors (Lipinski definition) is 2. The Hall–Kier alpha value is -4.96. The lowest BCUT2D eigenvalue weighted by Crippen LogP contribution is -1.97. The third-order valence-electron chi connectivity index (χ3n) is 13.4. The number of unbranched alkanes of at least 4 members (excludes halogenated alkanes) is 2. The fourth-order valence-electron chi connectivity index (χ4n) is 10.6. The summed E-state index contributed by atoms with van der Waals surface area (Å²) in [5.41, 5.74) is 28.6. The Morgan fingerprint density at radius 3 is 1.02 bits per heavy atom. The zero-order chi connectivity index (χ0) is 42.5. The molecule has 0 fully saturated rings. The van der Waals surface area contributed by atoms with Crippen molar-refractivity contribution in [3.8, 4) is 22.3 Å². The van der Waals surface area contributed by atoms with E-state index in [9.17, 15) is 0 Å². The molecule has 0 amide bonds. The Balaban J connectivity index is 1.91. The second-order valence-corrected chi connectivity index (χ2v) is 16.7. The largest absolute Gasteiger partial charge is 0.354 e. The Kier molecular flexibility index (Phi) is 13.8. The summed E-state index contributed by atoms with van der Waals surface area (Å²) in [6.45, 7) is 23.4. The van der Waals surface area contributed by atoms with Gasteiger partial charge in [0.2, 0.25) is 0 Å². The van der Waals surface area contributed by atoms with E-state index in [0.717, 1.165) is 101 Å². The van der Waals surface area contributed by atoms with Crippen LogP contribution in [0.15, 0.2) is 60.7 Å². The van der Waals surface area contributed by atoms with Crippen LogP contribution in [0.25, 0.3) is 66.6 Å². The van der Waals surface area contributed by atoms with Crippen LogP contribution in [-0.4, -0.2) is 19.9 Å². The van der Waals surface area contributed by atoms with Gasteiger partial charge in [-0.1, -0.05) is 143 Å². The molecule has 7 rings (SSSR count). The molecule has 0 aliphatic carbocycles. The summed E-state index contributed by atoms with van der Waals surface area (Å²) >= 11 is 0. The number of aromatic nitrogens is 4. The van der Waals surface area contributed by atoms with Gasteiger partial charge in [0.1, 0.15) is 0 Å². The van der Waals surface area contributed by atoms with Crippen LogP contribution < -0.4 is 0 Å². The van der Waals surface area contributed by atoms with Crippen LogP contribution in [0.1, 0.15) is 177 Å². The van der Waals surface area contributed by atoms with Gasteiger partial charge in [0.05, 0.1) is 33.8 Å². The Labute approximate surface area is 361 Å². The van der Waals surface area contributed by atoms with E-state index < -0.39 is 0 Å². The fraction of sp³-hybridized carbons (Fsp3) is 0.429. The molecule has 0 unspecified atom stereocenters. The molecule has 5 heterocycles. The zero-order valence-corrected chi connectivity index (χ0v) is 38.6. The number of aryl methyl sites for hydroxylation is 6. The molecule has 0 atom stereocenters. The van der Waals surface area contributed by atoms with Crippen LogP contribution in [0.2, 0.25) is 0 Å². The highest BCUT2D eigenvalue weighted by molar-refractivity contribution is 6.05. The van der Waals surface area contributed by atoms with E-state index in [1.807, 2.05) is 0 Å². The first-order chi connectivity index (χ1) is 29.4. The van der Waals surface area contributed by atoms with Gasteiger partial charge < -0.3 is 9.97 Å². The first kappa shape index (κ1) is 43.1. The fourth-order valence-corrected chi connectivity index (χ4v) is 10.6. The van der Waals surface area contributed by atoms with Gasteiger partial charge in [-0.2, -0.15) is 0 Å². The number of rotatable bonds is 16. The van der Waals surface area contributed by atoms with Crippen molar-refractivity contribution in [3.63, 3.8) is 0 Å². The van der Waals surface area contributed by atoms with Crippen LogP contribution in [0.3, 0.4) is 0 Å². The maximum absolute atomic E-state index is 5.96. The van der Waals surface area contributed by atoms with Crippen LogP contribution in [0.5, 0.6) is 0 Å². The highest BCUT2D eigenvalue weighted by Crippen LogP contribution is 2.48. The number of aromatic amines is 2. The van der Waals surface area contributed by atoms with Crippen LogP contribution >= 0.6 is 0 Å². The van der Waals surface area contributed by atoms with E-state index in [2.05, 4.69) is 140 Å². The van der Waals surface area contributed by atoms with Crippen LogP contribution in [0, 0.1) is 0 Å². The number of nitrogens with zero attached hydrogens (tertiary/aromatic N) is 2. The van der Waals surface area contributed by atoms with Crippen LogP contribution in [0.4, 0.5) is 0 Å². The van der Waals surface area contributed by atoms with Gasteiger partial charge in [-0.15, -0.1) is 0 Å². The number of H-pyrrole nitrogens is 2. The molecule has 4 nitrogen and oxygen atoms in total. The molecule has 2 aliphatic heterocycles. The third kappa shape index (κ3) is 7.43. The van der Waals surface area contributed by atoms with Crippen LogP contribution in [-0.2, 0) is 38.5 Å². The van der Waals surface area contributed by atoms with E-state index in [1.165, 1.54) is 111 Å². The molecular weight excluding hydrogens is 729 g/mol. The lowest BCUT2D eigenvalue weighted by Gasteiger charge is -2.13. The summed E-state index contributed by atoms with van der Waals surface area (Å²) < 4.78 is 0. The predicted molar refractivity (Wildman–Crippen MR) is 261 cm³/mol. The molecule has 2 aliphatic rings. The lowest BCUT2D eigenvalue weighted by molar-refractivity contribution is 0.793. The van der Waals surface area contributed by atoms with Gasteiger partial charge in [-0.3, -0.25) is 0 Å². The lowest BCUT2D eigenvalue weighted by atomic mass is 9.89. The molecule has 5 aromatic rings. The van der Waals surface area contributed by atoms with Crippen molar-refractivity contribution in [2.45, 2.75) is 159 Å². The zero-order valence-electron chi connectivity index (χ0n) is 38.6. The minimum atomic E-state index is 0.916. The molecule has 2 aromatic carbocycles. The van der Waals surface area contributed by atoms with Crippen molar-refractivity contribution in [1.29, 1.82) is 0 Å². The van der Waals surface area contributed by atoms with E-state index >= 15 is 0 Å². The normalized spacial score (nSPS) is 13.0. The summed E-state index contributed by atoms with van der Waals surface area (Å²) in [6.07, 6.45) is 13.9. The standard InChI is InChI=1S/C56H70N4/c1-11-21-33-45-49-37(13-3)41(17-7)53(57-49)47(35-29-25-23-26-30-35)55-43(19-9)39(15-5)51(59-55)46(34-22-12-2)52-40(16-6)44(20-10)56(60-52)48(36-31-27-24-28-32-36)54-42(18-8)38(14-4)50(45)58-54/h23-32,57,59H,11-22,33-34H2,1-10H3. The van der Waals surface area contributed by atoms with E-state index in [1.54, 1.807) is 0 Å². The summed E-state index contributed by atoms with van der Waals surface area (Å²) in [7, 11) is 0. The SMILES string of the molecule is CCCCc1c2nc(c(-c3ccccc3)c3nc(c(CCCC)c4[nH]c(c(CC)c4CC)c(-c4ccccc4)c4[nH]c1c(CC)c4CC)C(CC)=C3CC)C(CC)=C2CC. The predicted octanol–water partition coefficient (Wildman–Crippen LogP) is 16.0. The Bertz CT molecular complexity index is 2440. The number of allylic oxidation sites excluding steroid dienone is 4. The molecule has 2 N–H and O–H groups in total. The van der Waals surface area contributed by atoms with Gasteiger partial charge in [0, 0.05) is 33.3 Å². The topological polar surface area (TPSA) is 57.4 Å².